The van der Waals surface area contributed by atoms with Crippen molar-refractivity contribution in [2.24, 2.45) is 0 Å². The summed E-state index contributed by atoms with van der Waals surface area (Å²) in [7, 11) is 0. The van der Waals surface area contributed by atoms with Gasteiger partial charge in [0.1, 0.15) is 0 Å². The lowest BCUT2D eigenvalue weighted by Gasteiger charge is -2.44. The third-order valence-corrected chi connectivity index (χ3v) is 18.4. The van der Waals surface area contributed by atoms with Crippen molar-refractivity contribution in [1.82, 2.24) is 0 Å². The van der Waals surface area contributed by atoms with Crippen molar-refractivity contribution in [3.05, 3.63) is 221 Å². The van der Waals surface area contributed by atoms with Crippen molar-refractivity contribution in [2.45, 2.75) is 6.92 Å². The zero-order valence-electron chi connectivity index (χ0n) is 37.9. The smallest absolute Gasteiger partial charge is 0.252 e. The number of fused-ring (bicyclic) bond motifs is 8. The van der Waals surface area contributed by atoms with Crippen LogP contribution in [0.3, 0.4) is 0 Å². The second-order valence-corrected chi connectivity index (χ2v) is 22.2. The molecule has 13 aromatic rings. The Balaban J connectivity index is 0.997. The third-order valence-electron chi connectivity index (χ3n) is 14.6. The molecule has 2 nitrogen and oxygen atoms in total. The van der Waals surface area contributed by atoms with E-state index in [1.54, 1.807) is 0 Å². The second-order valence-electron chi connectivity index (χ2n) is 18.6. The van der Waals surface area contributed by atoms with Gasteiger partial charge < -0.3 is 9.80 Å². The fourth-order valence-electron chi connectivity index (χ4n) is 11.4. The van der Waals surface area contributed by atoms with Gasteiger partial charge in [-0.2, -0.15) is 0 Å². The van der Waals surface area contributed by atoms with Gasteiger partial charge in [0.25, 0.3) is 6.71 Å². The zero-order chi connectivity index (χ0) is 46.0. The quantitative estimate of drug-likeness (QED) is 0.153. The van der Waals surface area contributed by atoms with Crippen LogP contribution < -0.4 is 26.2 Å². The van der Waals surface area contributed by atoms with Crippen LogP contribution in [0.15, 0.2) is 216 Å². The lowest BCUT2D eigenvalue weighted by molar-refractivity contribution is 1.24. The van der Waals surface area contributed by atoms with Gasteiger partial charge in [-0.05, 0) is 145 Å². The Bertz CT molecular complexity index is 4000. The van der Waals surface area contributed by atoms with Gasteiger partial charge in [-0.1, -0.05) is 121 Å². The first-order chi connectivity index (χ1) is 34.6. The molecule has 7 heteroatoms. The summed E-state index contributed by atoms with van der Waals surface area (Å²) in [5.74, 6) is 0. The number of hydrogen-bond acceptors (Lipinski definition) is 6. The van der Waals surface area contributed by atoms with E-state index in [2.05, 4.69) is 232 Å². The number of aryl methyl sites for hydroxylation is 1. The summed E-state index contributed by atoms with van der Waals surface area (Å²) >= 11 is 7.29. The number of rotatable bonds is 6. The number of hydrogen-bond donors (Lipinski definition) is 0. The molecule has 0 radical (unpaired) electrons. The molecule has 0 fully saturated rings. The Morgan fingerprint density at radius 2 is 0.686 bits per heavy atom. The Morgan fingerprint density at radius 1 is 0.329 bits per heavy atom. The topological polar surface area (TPSA) is 6.48 Å². The molecule has 0 N–H and O–H groups in total. The molecule has 2 aliphatic heterocycles. The van der Waals surface area contributed by atoms with Crippen molar-refractivity contribution in [1.29, 1.82) is 0 Å². The van der Waals surface area contributed by atoms with E-state index in [4.69, 9.17) is 0 Å². The summed E-state index contributed by atoms with van der Waals surface area (Å²) in [6, 6.07) is 73.2. The Labute approximate surface area is 422 Å². The normalized spacial score (nSPS) is 12.8. The molecular weight excluding hydrogens is 924 g/mol. The standard InChI is InChI=1S/C63H39BN2S4/c1-38-28-57-63-58(29-38)66(44-15-11-13-40(31-44)50-35-68-60-21-7-3-17-46(50)60)56-33-42(52-37-70-62-23-9-5-19-48(52)62)25-27-54(56)64(63)53-26-24-41(51-36-69-61-22-8-4-18-47(51)61)32-55(53)65(57)43-14-10-12-39(30-43)49-34-67-59-20-6-2-16-45(49)59/h2-37H,1H3. The van der Waals surface area contributed by atoms with E-state index in [-0.39, 0.29) is 6.71 Å². The van der Waals surface area contributed by atoms with E-state index in [1.807, 2.05) is 45.3 Å². The minimum atomic E-state index is -0.0161. The van der Waals surface area contributed by atoms with E-state index in [9.17, 15) is 0 Å². The molecule has 15 rings (SSSR count). The van der Waals surface area contributed by atoms with Crippen molar-refractivity contribution in [3.63, 3.8) is 0 Å². The van der Waals surface area contributed by atoms with Crippen LogP contribution in [0.4, 0.5) is 34.1 Å². The maximum absolute atomic E-state index is 2.58. The minimum Gasteiger partial charge on any atom is -0.311 e. The fraction of sp³-hybridized carbons (Fsp3) is 0.0159. The summed E-state index contributed by atoms with van der Waals surface area (Å²) in [6.45, 7) is 2.26. The van der Waals surface area contributed by atoms with E-state index in [0.29, 0.717) is 0 Å². The summed E-state index contributed by atoms with van der Waals surface area (Å²) in [5.41, 5.74) is 22.3. The molecule has 6 heterocycles. The summed E-state index contributed by atoms with van der Waals surface area (Å²) in [6.07, 6.45) is 0. The van der Waals surface area contributed by atoms with Crippen LogP contribution in [-0.2, 0) is 0 Å². The molecule has 0 bridgehead atoms. The fourth-order valence-corrected chi connectivity index (χ4v) is 15.3. The van der Waals surface area contributed by atoms with Crippen molar-refractivity contribution >= 4 is 143 Å². The molecule has 70 heavy (non-hydrogen) atoms. The first kappa shape index (κ1) is 40.4. The minimum absolute atomic E-state index is 0.0161. The highest BCUT2D eigenvalue weighted by molar-refractivity contribution is 7.18. The predicted octanol–water partition coefficient (Wildman–Crippen LogP) is 17.6. The van der Waals surface area contributed by atoms with Crippen molar-refractivity contribution in [3.8, 4) is 44.5 Å². The molecule has 0 saturated heterocycles. The van der Waals surface area contributed by atoms with Crippen LogP contribution in [0.25, 0.3) is 84.9 Å². The Kier molecular flexibility index (Phi) is 9.09. The van der Waals surface area contributed by atoms with Crippen molar-refractivity contribution < 1.29 is 0 Å². The lowest BCUT2D eigenvalue weighted by Crippen LogP contribution is -2.61. The SMILES string of the molecule is Cc1cc2c3c(c1)N(c1cccc(-c4csc5ccccc45)c1)c1cc(-c4csc5ccccc45)ccc1B3c1ccc(-c3csc4ccccc34)cc1N2c1cccc(-c2csc3ccccc23)c1. The first-order valence-electron chi connectivity index (χ1n) is 23.7. The number of thiophene rings is 4. The second kappa shape index (κ2) is 15.8. The van der Waals surface area contributed by atoms with Gasteiger partial charge >= 0.3 is 0 Å². The van der Waals surface area contributed by atoms with Crippen LogP contribution in [0.5, 0.6) is 0 Å². The molecular formula is C63H39BN2S4. The van der Waals surface area contributed by atoms with Crippen molar-refractivity contribution in [2.75, 3.05) is 9.80 Å². The van der Waals surface area contributed by atoms with E-state index >= 15 is 0 Å². The summed E-state index contributed by atoms with van der Waals surface area (Å²) < 4.78 is 5.22. The molecule has 0 aliphatic carbocycles. The number of anilines is 6. The van der Waals surface area contributed by atoms with Gasteiger partial charge in [-0.15, -0.1) is 45.3 Å². The highest BCUT2D eigenvalue weighted by Gasteiger charge is 2.44. The molecule has 0 unspecified atom stereocenters. The molecule has 0 spiro atoms. The summed E-state index contributed by atoms with van der Waals surface area (Å²) in [4.78, 5) is 5.16. The number of benzene rings is 9. The Hall–Kier alpha value is -7.52. The van der Waals surface area contributed by atoms with Gasteiger partial charge in [-0.25, -0.2) is 0 Å². The van der Waals surface area contributed by atoms with Crippen LogP contribution in [0.1, 0.15) is 5.56 Å². The maximum atomic E-state index is 2.58. The van der Waals surface area contributed by atoms with Crippen LogP contribution in [0.2, 0.25) is 0 Å². The third kappa shape index (κ3) is 6.15. The monoisotopic (exact) mass is 962 g/mol. The highest BCUT2D eigenvalue weighted by atomic mass is 32.1. The van der Waals surface area contributed by atoms with Gasteiger partial charge in [-0.3, -0.25) is 0 Å². The number of nitrogens with zero attached hydrogens (tertiary/aromatic N) is 2. The van der Waals surface area contributed by atoms with Crippen LogP contribution >= 0.6 is 45.3 Å². The molecule has 0 atom stereocenters. The first-order valence-corrected chi connectivity index (χ1v) is 27.2. The average Bonchev–Trinajstić information content (AvgIpc) is 4.24. The van der Waals surface area contributed by atoms with Gasteiger partial charge in [0.2, 0.25) is 0 Å². The lowest BCUT2D eigenvalue weighted by atomic mass is 9.33. The maximum Gasteiger partial charge on any atom is 0.252 e. The van der Waals surface area contributed by atoms with Gasteiger partial charge in [0, 0.05) is 96.7 Å². The van der Waals surface area contributed by atoms with E-state index in [0.717, 1.165) is 11.4 Å². The Morgan fingerprint density at radius 3 is 1.07 bits per heavy atom. The zero-order valence-corrected chi connectivity index (χ0v) is 41.2. The largest absolute Gasteiger partial charge is 0.311 e. The molecule has 0 amide bonds. The molecule has 0 saturated carbocycles. The van der Waals surface area contributed by atoms with Gasteiger partial charge in [0.05, 0.1) is 0 Å². The predicted molar refractivity (Wildman–Crippen MR) is 308 cm³/mol. The van der Waals surface area contributed by atoms with Crippen LogP contribution in [0, 0.1) is 6.92 Å². The molecule has 9 aromatic carbocycles. The van der Waals surface area contributed by atoms with E-state index in [1.165, 1.54) is 130 Å². The molecule has 4 aromatic heterocycles. The van der Waals surface area contributed by atoms with E-state index < -0.39 is 0 Å². The average molecular weight is 963 g/mol. The molecule has 2 aliphatic rings. The highest BCUT2D eigenvalue weighted by Crippen LogP contribution is 2.49. The molecule has 328 valence electrons. The summed E-state index contributed by atoms with van der Waals surface area (Å²) in [5, 5.41) is 14.5. The van der Waals surface area contributed by atoms with Crippen LogP contribution in [-0.4, -0.2) is 6.71 Å². The van der Waals surface area contributed by atoms with Gasteiger partial charge in [0.15, 0.2) is 0 Å².